The third-order valence-electron chi connectivity index (χ3n) is 14.0. The predicted octanol–water partition coefficient (Wildman–Crippen LogP) is 6.00. The standard InChI is InChI=1S/C30H29N8O6P.C25H22N6O6/c1-3-30-17-41-22(23(30)44-45(32-2)42-16-10-15-31)28(43-30)38-18-33-21-24(34-26(39)19-11-6-4-7-12-19)35-29(36-25(21)38)37-27(40)20-13-8-5-9-14-20;32-11-25-12-36-17(18(25)33)23(37-25)31-13-26-16-19(27-21(34)14-7-3-1-4-8-14)28-24(29-20(16)31)30-22(35)15-9-5-2-6-10-15/h4-9,11-14,18,22-23,28H,2-3,10,16-17H2,1H3,(H2,34,35,36,37,39,40);1-10,13,17-18,23,32-33H,11-12H2,(H2,27,28,29,30,34,35)/t22-,23?,28+,30-,45?;17-,18?,23+,25-/m00/s1. The van der Waals surface area contributed by atoms with Crippen LogP contribution in [0.2, 0.25) is 0 Å². The van der Waals surface area contributed by atoms with Gasteiger partial charge in [0, 0.05) is 22.3 Å². The molecule has 9 atom stereocenters. The summed E-state index contributed by atoms with van der Waals surface area (Å²) in [5, 5.41) is 40.3. The molecule has 4 aliphatic heterocycles. The molecule has 4 aromatic heterocycles. The van der Waals surface area contributed by atoms with Crippen molar-refractivity contribution < 1.29 is 57.4 Å². The summed E-state index contributed by atoms with van der Waals surface area (Å²) in [5.74, 6) is -1.66. The lowest BCUT2D eigenvalue weighted by molar-refractivity contribution is -0.185. The molecule has 0 spiro atoms. The van der Waals surface area contributed by atoms with Crippen molar-refractivity contribution >= 4 is 84.7 Å². The molecule has 4 bridgehead atoms. The summed E-state index contributed by atoms with van der Waals surface area (Å²) in [6.45, 7) is 5.60. The number of amides is 4. The van der Waals surface area contributed by atoms with E-state index in [4.69, 9.17) is 33.3 Å². The molecule has 4 amide bonds. The highest BCUT2D eigenvalue weighted by atomic mass is 31.2. The van der Waals surface area contributed by atoms with Crippen molar-refractivity contribution in [2.24, 2.45) is 4.76 Å². The van der Waals surface area contributed by atoms with Crippen LogP contribution in [0, 0.1) is 11.3 Å². The Morgan fingerprint density at radius 1 is 0.683 bits per heavy atom. The normalized spacial score (nSPS) is 23.3. The molecule has 26 nitrogen and oxygen atoms in total. The molecule has 4 saturated heterocycles. The smallest absolute Gasteiger partial charge is 0.310 e. The summed E-state index contributed by atoms with van der Waals surface area (Å²) in [4.78, 5) is 78.7. The van der Waals surface area contributed by atoms with E-state index in [0.29, 0.717) is 28.7 Å². The second-order valence-corrected chi connectivity index (χ2v) is 20.2. The number of hydrogen-bond donors (Lipinski definition) is 6. The van der Waals surface area contributed by atoms with E-state index in [1.165, 1.54) is 17.2 Å². The molecule has 8 heterocycles. The van der Waals surface area contributed by atoms with Crippen molar-refractivity contribution in [2.75, 3.05) is 47.7 Å². The number of anilines is 4. The van der Waals surface area contributed by atoms with Gasteiger partial charge in [-0.3, -0.25) is 38.9 Å². The highest BCUT2D eigenvalue weighted by Gasteiger charge is 2.64. The average Bonchev–Trinajstić information content (AvgIpc) is 3.00. The Kier molecular flexibility index (Phi) is 15.9. The first kappa shape index (κ1) is 55.1. The third kappa shape index (κ3) is 10.8. The van der Waals surface area contributed by atoms with Gasteiger partial charge in [0.15, 0.2) is 46.4 Å². The van der Waals surface area contributed by atoms with Gasteiger partial charge >= 0.3 is 8.53 Å². The third-order valence-corrected chi connectivity index (χ3v) is 15.1. The van der Waals surface area contributed by atoms with Gasteiger partial charge in [0.25, 0.3) is 23.6 Å². The molecule has 3 unspecified atom stereocenters. The lowest BCUT2D eigenvalue weighted by Gasteiger charge is -2.30. The molecular weight excluding hydrogens is 1080 g/mol. The molecule has 0 saturated carbocycles. The van der Waals surface area contributed by atoms with E-state index in [1.807, 2.05) is 19.1 Å². The Balaban J connectivity index is 0.000000175. The van der Waals surface area contributed by atoms with Crippen molar-refractivity contribution in [1.29, 1.82) is 5.26 Å². The molecule has 8 aromatic rings. The second kappa shape index (κ2) is 23.7. The molecule has 4 fully saturated rings. The van der Waals surface area contributed by atoms with Gasteiger partial charge in [-0.25, -0.2) is 14.7 Å². The summed E-state index contributed by atoms with van der Waals surface area (Å²) >= 11 is 0. The molecule has 0 aliphatic carbocycles. The zero-order chi connectivity index (χ0) is 57.0. The fourth-order valence-electron chi connectivity index (χ4n) is 9.79. The monoisotopic (exact) mass is 1130 g/mol. The van der Waals surface area contributed by atoms with Gasteiger partial charge in [0.05, 0.1) is 51.6 Å². The Hall–Kier alpha value is -8.87. The summed E-state index contributed by atoms with van der Waals surface area (Å²) in [6.07, 6.45) is -0.908. The maximum Gasteiger partial charge on any atom is 0.310 e. The topological polar surface area (TPSA) is 336 Å². The van der Waals surface area contributed by atoms with Crippen LogP contribution in [-0.4, -0.2) is 142 Å². The fourth-order valence-corrected chi connectivity index (χ4v) is 10.7. The van der Waals surface area contributed by atoms with E-state index in [0.717, 1.165) is 0 Å². The number of nitriles is 1. The first-order valence-electron chi connectivity index (χ1n) is 25.7. The maximum absolute atomic E-state index is 13.1. The number of nitrogens with zero attached hydrogens (tertiary/aromatic N) is 10. The Morgan fingerprint density at radius 2 is 1.11 bits per heavy atom. The van der Waals surface area contributed by atoms with Crippen LogP contribution >= 0.6 is 8.53 Å². The van der Waals surface area contributed by atoms with Crippen LogP contribution in [0.4, 0.5) is 23.5 Å². The SMILES string of the molecule is C=NP(OCCC#N)OC1[C@@H]2OC[C@]1(CC)O[C@H]2n1cnc2c(NC(=O)c3ccccc3)nc(NC(=O)c3ccccc3)nc21.O=C(Nc1nc(NC(=O)c2ccccc2)c2ncn([C@@H]3O[C@@]4(CO)CO[C@H]3C4O)c2n1)c1ccccc1. The van der Waals surface area contributed by atoms with Crippen LogP contribution in [0.5, 0.6) is 0 Å². The number of rotatable bonds is 18. The lowest BCUT2D eigenvalue weighted by Crippen LogP contribution is -2.44. The number of aromatic nitrogens is 8. The van der Waals surface area contributed by atoms with Crippen LogP contribution in [0.3, 0.4) is 0 Å². The summed E-state index contributed by atoms with van der Waals surface area (Å²) < 4.78 is 43.5. The number of imidazole rings is 2. The molecule has 4 aromatic carbocycles. The molecule has 27 heteroatoms. The van der Waals surface area contributed by atoms with E-state index in [2.05, 4.69) is 62.7 Å². The lowest BCUT2D eigenvalue weighted by atomic mass is 9.96. The minimum atomic E-state index is -1.76. The van der Waals surface area contributed by atoms with Gasteiger partial charge < -0.3 is 48.8 Å². The van der Waals surface area contributed by atoms with Crippen LogP contribution in [0.25, 0.3) is 22.3 Å². The zero-order valence-corrected chi connectivity index (χ0v) is 44.4. The van der Waals surface area contributed by atoms with Gasteiger partial charge in [0.2, 0.25) is 11.9 Å². The minimum absolute atomic E-state index is 0.0458. The number of carbonyl (C=O) groups is 4. The van der Waals surface area contributed by atoms with Gasteiger partial charge in [-0.15, -0.1) is 0 Å². The van der Waals surface area contributed by atoms with E-state index < -0.39 is 86.8 Å². The van der Waals surface area contributed by atoms with E-state index in [9.17, 15) is 29.4 Å². The van der Waals surface area contributed by atoms with E-state index in [-0.39, 0.29) is 72.1 Å². The quantitative estimate of drug-likeness (QED) is 0.0326. The first-order valence-corrected chi connectivity index (χ1v) is 26.8. The van der Waals surface area contributed by atoms with Crippen LogP contribution in [0.15, 0.2) is 139 Å². The highest BCUT2D eigenvalue weighted by Crippen LogP contribution is 2.54. The van der Waals surface area contributed by atoms with Crippen molar-refractivity contribution in [1.82, 2.24) is 39.0 Å². The Bertz CT molecular complexity index is 3710. The van der Waals surface area contributed by atoms with Crippen LogP contribution in [-0.2, 0) is 28.0 Å². The molecule has 4 aliphatic rings. The number of hydrogen-bond acceptors (Lipinski definition) is 20. The van der Waals surface area contributed by atoms with Crippen LogP contribution in [0.1, 0.15) is 73.7 Å². The Morgan fingerprint density at radius 3 is 1.54 bits per heavy atom. The molecule has 418 valence electrons. The molecule has 0 radical (unpaired) electrons. The van der Waals surface area contributed by atoms with Gasteiger partial charge in [-0.2, -0.15) is 25.2 Å². The zero-order valence-electron chi connectivity index (χ0n) is 43.5. The molecular formula is C55H51N14O12P. The van der Waals surface area contributed by atoms with Gasteiger partial charge in [-0.1, -0.05) is 79.7 Å². The van der Waals surface area contributed by atoms with E-state index >= 15 is 0 Å². The predicted molar refractivity (Wildman–Crippen MR) is 294 cm³/mol. The second-order valence-electron chi connectivity index (χ2n) is 19.0. The first-order chi connectivity index (χ1) is 39.9. The largest absolute Gasteiger partial charge is 0.393 e. The maximum atomic E-state index is 13.1. The van der Waals surface area contributed by atoms with Crippen molar-refractivity contribution in [3.05, 3.63) is 156 Å². The number of aliphatic hydroxyl groups excluding tert-OH is 2. The highest BCUT2D eigenvalue weighted by molar-refractivity contribution is 7.45. The molecule has 6 N–H and O–H groups in total. The number of fused-ring (bicyclic) bond motifs is 6. The van der Waals surface area contributed by atoms with Crippen molar-refractivity contribution in [3.8, 4) is 6.07 Å². The molecule has 12 rings (SSSR count). The van der Waals surface area contributed by atoms with Gasteiger partial charge in [-0.05, 0) is 61.7 Å². The van der Waals surface area contributed by atoms with E-state index in [1.54, 1.807) is 120 Å². The number of carbonyl (C=O) groups excluding carboxylic acids is 4. The number of aliphatic hydroxyl groups is 2. The van der Waals surface area contributed by atoms with Crippen molar-refractivity contribution in [2.45, 2.75) is 67.8 Å². The Labute approximate surface area is 467 Å². The van der Waals surface area contributed by atoms with Crippen molar-refractivity contribution in [3.63, 3.8) is 0 Å². The molecule has 82 heavy (non-hydrogen) atoms. The number of nitrogens with one attached hydrogen (secondary N) is 4. The fraction of sp³-hybridized carbons (Fsp3) is 0.273. The minimum Gasteiger partial charge on any atom is -0.393 e. The number of benzene rings is 4. The average molecular weight is 1130 g/mol. The summed E-state index contributed by atoms with van der Waals surface area (Å²) in [6, 6.07) is 36.4. The van der Waals surface area contributed by atoms with Gasteiger partial charge in [0.1, 0.15) is 35.6 Å². The summed E-state index contributed by atoms with van der Waals surface area (Å²) in [7, 11) is -1.76. The van der Waals surface area contributed by atoms with Crippen LogP contribution < -0.4 is 21.3 Å². The summed E-state index contributed by atoms with van der Waals surface area (Å²) in [5.41, 5.74) is 0.572. The number of ether oxygens (including phenoxy) is 4.